The zero-order valence-electron chi connectivity index (χ0n) is 10.3. The van der Waals surface area contributed by atoms with Crippen LogP contribution >= 0.6 is 0 Å². The number of aryl methyl sites for hydroxylation is 1. The van der Waals surface area contributed by atoms with E-state index in [1.54, 1.807) is 19.3 Å². The molecule has 94 valence electrons. The van der Waals surface area contributed by atoms with Crippen molar-refractivity contribution in [3.63, 3.8) is 0 Å². The van der Waals surface area contributed by atoms with Crippen molar-refractivity contribution >= 4 is 16.7 Å². The van der Waals surface area contributed by atoms with Crippen LogP contribution in [0.1, 0.15) is 16.2 Å². The third-order valence-electron chi connectivity index (χ3n) is 2.81. The molecule has 0 saturated heterocycles. The van der Waals surface area contributed by atoms with Gasteiger partial charge in [-0.3, -0.25) is 9.78 Å². The quantitative estimate of drug-likeness (QED) is 0.655. The molecule has 6 heteroatoms. The summed E-state index contributed by atoms with van der Waals surface area (Å²) in [6, 6.07) is 9.21. The standard InChI is InChI=1S/C13H11N5O/c1-18-16-13(15-17-18)8-12(19)10-4-2-6-11-9(10)5-3-7-14-11/h2-7H,8H2,1H3. The van der Waals surface area contributed by atoms with Crippen LogP contribution in [-0.4, -0.2) is 31.0 Å². The number of pyridine rings is 1. The van der Waals surface area contributed by atoms with Crippen molar-refractivity contribution < 1.29 is 4.79 Å². The van der Waals surface area contributed by atoms with Gasteiger partial charge in [0.15, 0.2) is 11.6 Å². The summed E-state index contributed by atoms with van der Waals surface area (Å²) in [7, 11) is 1.67. The van der Waals surface area contributed by atoms with Gasteiger partial charge in [-0.15, -0.1) is 10.2 Å². The van der Waals surface area contributed by atoms with Crippen molar-refractivity contribution in [3.8, 4) is 0 Å². The number of carbonyl (C=O) groups is 1. The summed E-state index contributed by atoms with van der Waals surface area (Å²) < 4.78 is 0. The van der Waals surface area contributed by atoms with Gasteiger partial charge in [-0.05, 0) is 17.3 Å². The number of aromatic nitrogens is 5. The Kier molecular flexibility index (Phi) is 2.75. The predicted molar refractivity (Wildman–Crippen MR) is 68.6 cm³/mol. The topological polar surface area (TPSA) is 73.6 Å². The highest BCUT2D eigenvalue weighted by Gasteiger charge is 2.13. The van der Waals surface area contributed by atoms with Crippen molar-refractivity contribution in [2.24, 2.45) is 7.05 Å². The minimum atomic E-state index is -0.0356. The van der Waals surface area contributed by atoms with Gasteiger partial charge < -0.3 is 0 Å². The summed E-state index contributed by atoms with van der Waals surface area (Å²) in [6.07, 6.45) is 1.85. The Morgan fingerprint density at radius 1 is 1.26 bits per heavy atom. The molecule has 0 amide bonds. The van der Waals surface area contributed by atoms with Crippen molar-refractivity contribution in [2.75, 3.05) is 0 Å². The zero-order valence-corrected chi connectivity index (χ0v) is 10.3. The third kappa shape index (κ3) is 2.20. The fourth-order valence-electron chi connectivity index (χ4n) is 1.98. The summed E-state index contributed by atoms with van der Waals surface area (Å²) in [5, 5.41) is 12.4. The highest BCUT2D eigenvalue weighted by atomic mass is 16.1. The maximum Gasteiger partial charge on any atom is 0.182 e. The molecule has 3 aromatic rings. The number of Topliss-reactive ketones (excluding diaryl/α,β-unsaturated/α-hetero) is 1. The number of fused-ring (bicyclic) bond motifs is 1. The Morgan fingerprint density at radius 3 is 2.95 bits per heavy atom. The Bertz CT molecular complexity index is 744. The molecule has 0 saturated carbocycles. The Hall–Kier alpha value is -2.63. The highest BCUT2D eigenvalue weighted by Crippen LogP contribution is 2.17. The van der Waals surface area contributed by atoms with Crippen LogP contribution in [0.5, 0.6) is 0 Å². The number of tetrazole rings is 1. The average Bonchev–Trinajstić information content (AvgIpc) is 2.83. The van der Waals surface area contributed by atoms with Gasteiger partial charge in [0.05, 0.1) is 19.0 Å². The maximum atomic E-state index is 12.3. The second kappa shape index (κ2) is 4.56. The molecule has 0 fully saturated rings. The minimum absolute atomic E-state index is 0.0356. The summed E-state index contributed by atoms with van der Waals surface area (Å²) in [5.41, 5.74) is 1.44. The summed E-state index contributed by atoms with van der Waals surface area (Å²) in [5.74, 6) is 0.389. The number of ketones is 1. The van der Waals surface area contributed by atoms with Crippen LogP contribution in [0, 0.1) is 0 Å². The first kappa shape index (κ1) is 11.5. The Balaban J connectivity index is 1.97. The van der Waals surface area contributed by atoms with Gasteiger partial charge in [0.25, 0.3) is 0 Å². The molecule has 2 aromatic heterocycles. The van der Waals surface area contributed by atoms with Gasteiger partial charge in [0.2, 0.25) is 0 Å². The summed E-state index contributed by atoms with van der Waals surface area (Å²) in [6.45, 7) is 0. The van der Waals surface area contributed by atoms with Crippen molar-refractivity contribution in [1.82, 2.24) is 25.2 Å². The normalized spacial score (nSPS) is 10.8. The van der Waals surface area contributed by atoms with Gasteiger partial charge in [-0.25, -0.2) is 0 Å². The van der Waals surface area contributed by atoms with Gasteiger partial charge in [-0.1, -0.05) is 18.2 Å². The molecule has 0 unspecified atom stereocenters. The van der Waals surface area contributed by atoms with Crippen LogP contribution in [0.15, 0.2) is 36.5 Å². The molecule has 0 radical (unpaired) electrons. The molecule has 2 heterocycles. The van der Waals surface area contributed by atoms with E-state index in [1.807, 2.05) is 24.3 Å². The average molecular weight is 253 g/mol. The number of rotatable bonds is 3. The van der Waals surface area contributed by atoms with Gasteiger partial charge in [0, 0.05) is 17.1 Å². The van der Waals surface area contributed by atoms with E-state index in [4.69, 9.17) is 0 Å². The number of hydrogen-bond acceptors (Lipinski definition) is 5. The van der Waals surface area contributed by atoms with Crippen LogP contribution < -0.4 is 0 Å². The lowest BCUT2D eigenvalue weighted by Gasteiger charge is -2.03. The van der Waals surface area contributed by atoms with Crippen LogP contribution in [0.25, 0.3) is 10.9 Å². The first-order chi connectivity index (χ1) is 9.24. The van der Waals surface area contributed by atoms with E-state index in [-0.39, 0.29) is 12.2 Å². The van der Waals surface area contributed by atoms with Gasteiger partial charge in [0.1, 0.15) is 0 Å². The van der Waals surface area contributed by atoms with Crippen molar-refractivity contribution in [3.05, 3.63) is 47.9 Å². The SMILES string of the molecule is Cn1nnc(CC(=O)c2cccc3ncccc23)n1. The van der Waals surface area contributed by atoms with Gasteiger partial charge >= 0.3 is 0 Å². The lowest BCUT2D eigenvalue weighted by molar-refractivity contribution is 0.0992. The zero-order chi connectivity index (χ0) is 13.2. The number of benzene rings is 1. The lowest BCUT2D eigenvalue weighted by Crippen LogP contribution is -2.06. The maximum absolute atomic E-state index is 12.3. The van der Waals surface area contributed by atoms with Crippen LogP contribution in [0.2, 0.25) is 0 Å². The first-order valence-corrected chi connectivity index (χ1v) is 5.84. The van der Waals surface area contributed by atoms with Crippen LogP contribution in [0.4, 0.5) is 0 Å². The second-order valence-corrected chi connectivity index (χ2v) is 4.17. The predicted octanol–water partition coefficient (Wildman–Crippen LogP) is 1.18. The molecule has 19 heavy (non-hydrogen) atoms. The first-order valence-electron chi connectivity index (χ1n) is 5.84. The molecule has 0 spiro atoms. The van der Waals surface area contributed by atoms with E-state index in [0.717, 1.165) is 10.9 Å². The molecule has 3 rings (SSSR count). The molecular formula is C13H11N5O. The van der Waals surface area contributed by atoms with E-state index in [2.05, 4.69) is 20.4 Å². The second-order valence-electron chi connectivity index (χ2n) is 4.17. The lowest BCUT2D eigenvalue weighted by atomic mass is 10.0. The fourth-order valence-corrected chi connectivity index (χ4v) is 1.98. The van der Waals surface area contributed by atoms with Crippen LogP contribution in [-0.2, 0) is 13.5 Å². The molecule has 0 bridgehead atoms. The van der Waals surface area contributed by atoms with Crippen LogP contribution in [0.3, 0.4) is 0 Å². The molecular weight excluding hydrogens is 242 g/mol. The highest BCUT2D eigenvalue weighted by molar-refractivity contribution is 6.07. The molecule has 1 aromatic carbocycles. The van der Waals surface area contributed by atoms with E-state index >= 15 is 0 Å². The van der Waals surface area contributed by atoms with E-state index in [9.17, 15) is 4.79 Å². The summed E-state index contributed by atoms with van der Waals surface area (Å²) in [4.78, 5) is 17.9. The minimum Gasteiger partial charge on any atom is -0.294 e. The van der Waals surface area contributed by atoms with E-state index in [0.29, 0.717) is 11.4 Å². The smallest absolute Gasteiger partial charge is 0.182 e. The van der Waals surface area contributed by atoms with E-state index < -0.39 is 0 Å². The number of hydrogen-bond donors (Lipinski definition) is 0. The third-order valence-corrected chi connectivity index (χ3v) is 2.81. The molecule has 0 aliphatic carbocycles. The van der Waals surface area contributed by atoms with E-state index in [1.165, 1.54) is 4.80 Å². The number of nitrogens with zero attached hydrogens (tertiary/aromatic N) is 5. The largest absolute Gasteiger partial charge is 0.294 e. The molecule has 0 aliphatic rings. The Morgan fingerprint density at radius 2 is 2.16 bits per heavy atom. The van der Waals surface area contributed by atoms with Gasteiger partial charge in [-0.2, -0.15) is 4.80 Å². The van der Waals surface area contributed by atoms with Crippen molar-refractivity contribution in [1.29, 1.82) is 0 Å². The fraction of sp³-hybridized carbons (Fsp3) is 0.154. The number of carbonyl (C=O) groups excluding carboxylic acids is 1. The summed E-state index contributed by atoms with van der Waals surface area (Å²) >= 11 is 0. The molecule has 0 atom stereocenters. The Labute approximate surface area is 109 Å². The molecule has 6 nitrogen and oxygen atoms in total. The molecule has 0 aliphatic heterocycles. The molecule has 0 N–H and O–H groups in total. The van der Waals surface area contributed by atoms with Crippen molar-refractivity contribution in [2.45, 2.75) is 6.42 Å². The monoisotopic (exact) mass is 253 g/mol.